The molecule has 5 nitrogen and oxygen atoms in total. The standard InChI is InChI=1S/C20H24FN3O2/c1-13(2)18(22)20(26)23-12-17(25)24-19(14-7-4-3-5-8-14)15-9-6-10-16(21)11-15/h3-11,13,18-19H,12,22H2,1-2H3,(H,23,26)(H,24,25)/t18-,19?/m0/s1. The smallest absolute Gasteiger partial charge is 0.240 e. The Labute approximate surface area is 152 Å². The van der Waals surface area contributed by atoms with Crippen LogP contribution in [-0.4, -0.2) is 24.4 Å². The highest BCUT2D eigenvalue weighted by atomic mass is 19.1. The molecule has 0 radical (unpaired) electrons. The van der Waals surface area contributed by atoms with Crippen LogP contribution in [0.3, 0.4) is 0 Å². The molecule has 4 N–H and O–H groups in total. The summed E-state index contributed by atoms with van der Waals surface area (Å²) in [6.07, 6.45) is 0. The predicted octanol–water partition coefficient (Wildman–Crippen LogP) is 2.13. The summed E-state index contributed by atoms with van der Waals surface area (Å²) in [5.74, 6) is -1.17. The Bertz CT molecular complexity index is 750. The number of hydrogen-bond donors (Lipinski definition) is 3. The van der Waals surface area contributed by atoms with Crippen LogP contribution in [0.1, 0.15) is 31.0 Å². The summed E-state index contributed by atoms with van der Waals surface area (Å²) in [4.78, 5) is 24.2. The van der Waals surface area contributed by atoms with Gasteiger partial charge < -0.3 is 16.4 Å². The lowest BCUT2D eigenvalue weighted by atomic mass is 9.98. The maximum atomic E-state index is 13.6. The van der Waals surface area contributed by atoms with E-state index >= 15 is 0 Å². The molecule has 0 aliphatic carbocycles. The highest BCUT2D eigenvalue weighted by Crippen LogP contribution is 2.22. The van der Waals surface area contributed by atoms with Gasteiger partial charge in [-0.2, -0.15) is 0 Å². The van der Waals surface area contributed by atoms with Crippen molar-refractivity contribution in [3.63, 3.8) is 0 Å². The molecule has 0 aromatic heterocycles. The summed E-state index contributed by atoms with van der Waals surface area (Å²) in [6.45, 7) is 3.47. The molecule has 0 heterocycles. The van der Waals surface area contributed by atoms with Crippen LogP contribution in [0.25, 0.3) is 0 Å². The van der Waals surface area contributed by atoms with Gasteiger partial charge in [0.25, 0.3) is 0 Å². The van der Waals surface area contributed by atoms with E-state index in [1.165, 1.54) is 12.1 Å². The van der Waals surface area contributed by atoms with Gasteiger partial charge in [-0.15, -0.1) is 0 Å². The van der Waals surface area contributed by atoms with Crippen LogP contribution in [0.2, 0.25) is 0 Å². The normalized spacial score (nSPS) is 13.1. The fraction of sp³-hybridized carbons (Fsp3) is 0.300. The van der Waals surface area contributed by atoms with Crippen molar-refractivity contribution in [1.82, 2.24) is 10.6 Å². The van der Waals surface area contributed by atoms with Gasteiger partial charge in [0.15, 0.2) is 0 Å². The number of benzene rings is 2. The minimum Gasteiger partial charge on any atom is -0.346 e. The number of nitrogens with two attached hydrogens (primary N) is 1. The third kappa shape index (κ3) is 5.39. The molecular weight excluding hydrogens is 333 g/mol. The number of halogens is 1. The molecule has 26 heavy (non-hydrogen) atoms. The number of hydrogen-bond acceptors (Lipinski definition) is 3. The van der Waals surface area contributed by atoms with E-state index in [1.54, 1.807) is 12.1 Å². The maximum Gasteiger partial charge on any atom is 0.240 e. The summed E-state index contributed by atoms with van der Waals surface area (Å²) in [5, 5.41) is 5.37. The van der Waals surface area contributed by atoms with Gasteiger partial charge in [0.1, 0.15) is 5.82 Å². The van der Waals surface area contributed by atoms with Gasteiger partial charge in [0.05, 0.1) is 18.6 Å². The quantitative estimate of drug-likeness (QED) is 0.710. The van der Waals surface area contributed by atoms with E-state index in [1.807, 2.05) is 44.2 Å². The predicted molar refractivity (Wildman–Crippen MR) is 98.7 cm³/mol. The molecule has 1 unspecified atom stereocenters. The summed E-state index contributed by atoms with van der Waals surface area (Å²) >= 11 is 0. The summed E-state index contributed by atoms with van der Waals surface area (Å²) in [7, 11) is 0. The van der Waals surface area contributed by atoms with Crippen molar-refractivity contribution in [3.05, 3.63) is 71.5 Å². The summed E-state index contributed by atoms with van der Waals surface area (Å²) < 4.78 is 13.6. The van der Waals surface area contributed by atoms with Gasteiger partial charge >= 0.3 is 0 Å². The molecule has 0 fully saturated rings. The number of rotatable bonds is 7. The van der Waals surface area contributed by atoms with Gasteiger partial charge in [0.2, 0.25) is 11.8 Å². The Morgan fingerprint density at radius 2 is 1.69 bits per heavy atom. The molecule has 2 aromatic carbocycles. The van der Waals surface area contributed by atoms with E-state index in [0.717, 1.165) is 5.56 Å². The Hall–Kier alpha value is -2.73. The van der Waals surface area contributed by atoms with Gasteiger partial charge in [-0.3, -0.25) is 9.59 Å². The molecule has 0 saturated carbocycles. The first kappa shape index (κ1) is 19.6. The minimum absolute atomic E-state index is 0.0255. The second-order valence-electron chi connectivity index (χ2n) is 6.45. The van der Waals surface area contributed by atoms with Crippen LogP contribution >= 0.6 is 0 Å². The third-order valence-electron chi connectivity index (χ3n) is 4.06. The molecule has 2 atom stereocenters. The van der Waals surface area contributed by atoms with Crippen molar-refractivity contribution in [2.75, 3.05) is 6.54 Å². The minimum atomic E-state index is -0.670. The van der Waals surface area contributed by atoms with E-state index in [-0.39, 0.29) is 30.1 Å². The molecule has 0 bridgehead atoms. The molecular formula is C20H24FN3O2. The number of carbonyl (C=O) groups is 2. The van der Waals surface area contributed by atoms with E-state index in [2.05, 4.69) is 10.6 Å². The van der Waals surface area contributed by atoms with E-state index in [0.29, 0.717) is 5.56 Å². The molecule has 0 aliphatic heterocycles. The second kappa shape index (κ2) is 9.10. The molecule has 138 valence electrons. The molecule has 0 saturated heterocycles. The molecule has 0 aliphatic rings. The van der Waals surface area contributed by atoms with Crippen LogP contribution in [0.4, 0.5) is 4.39 Å². The van der Waals surface area contributed by atoms with Crippen molar-refractivity contribution in [1.29, 1.82) is 0 Å². The lowest BCUT2D eigenvalue weighted by Crippen LogP contribution is -2.47. The molecule has 2 amide bonds. The lowest BCUT2D eigenvalue weighted by molar-refractivity contribution is -0.127. The largest absolute Gasteiger partial charge is 0.346 e. The van der Waals surface area contributed by atoms with Crippen LogP contribution in [0, 0.1) is 11.7 Å². The second-order valence-corrected chi connectivity index (χ2v) is 6.45. The highest BCUT2D eigenvalue weighted by Gasteiger charge is 2.20. The first-order valence-electron chi connectivity index (χ1n) is 8.51. The van der Waals surface area contributed by atoms with Crippen molar-refractivity contribution in [2.45, 2.75) is 25.9 Å². The Kier molecular flexibility index (Phi) is 6.86. The number of carbonyl (C=O) groups excluding carboxylic acids is 2. The van der Waals surface area contributed by atoms with Crippen LogP contribution in [0.15, 0.2) is 54.6 Å². The van der Waals surface area contributed by atoms with Crippen molar-refractivity contribution >= 4 is 11.8 Å². The zero-order valence-corrected chi connectivity index (χ0v) is 14.9. The first-order valence-corrected chi connectivity index (χ1v) is 8.51. The van der Waals surface area contributed by atoms with E-state index in [4.69, 9.17) is 5.73 Å². The maximum absolute atomic E-state index is 13.6. The fourth-order valence-corrected chi connectivity index (χ4v) is 2.49. The van der Waals surface area contributed by atoms with Crippen molar-refractivity contribution < 1.29 is 14.0 Å². The van der Waals surface area contributed by atoms with Crippen molar-refractivity contribution in [3.8, 4) is 0 Å². The Balaban J connectivity index is 2.10. The van der Waals surface area contributed by atoms with Gasteiger partial charge in [-0.05, 0) is 29.2 Å². The zero-order chi connectivity index (χ0) is 19.1. The number of amides is 2. The van der Waals surface area contributed by atoms with Gasteiger partial charge in [0, 0.05) is 0 Å². The average Bonchev–Trinajstić information content (AvgIpc) is 2.64. The topological polar surface area (TPSA) is 84.2 Å². The molecule has 6 heteroatoms. The van der Waals surface area contributed by atoms with Crippen LogP contribution < -0.4 is 16.4 Å². The fourth-order valence-electron chi connectivity index (χ4n) is 2.49. The Morgan fingerprint density at radius 3 is 2.31 bits per heavy atom. The Morgan fingerprint density at radius 1 is 1.04 bits per heavy atom. The zero-order valence-electron chi connectivity index (χ0n) is 14.9. The van der Waals surface area contributed by atoms with Crippen LogP contribution in [-0.2, 0) is 9.59 Å². The summed E-state index contributed by atoms with van der Waals surface area (Å²) in [6, 6.07) is 14.1. The number of nitrogens with one attached hydrogen (secondary N) is 2. The lowest BCUT2D eigenvalue weighted by Gasteiger charge is -2.21. The molecule has 0 spiro atoms. The highest BCUT2D eigenvalue weighted by molar-refractivity contribution is 5.87. The van der Waals surface area contributed by atoms with Crippen molar-refractivity contribution in [2.24, 2.45) is 11.7 Å². The molecule has 2 aromatic rings. The third-order valence-corrected chi connectivity index (χ3v) is 4.06. The van der Waals surface area contributed by atoms with Crippen LogP contribution in [0.5, 0.6) is 0 Å². The van der Waals surface area contributed by atoms with Gasteiger partial charge in [-0.1, -0.05) is 56.3 Å². The first-order chi connectivity index (χ1) is 12.4. The van der Waals surface area contributed by atoms with E-state index < -0.39 is 12.1 Å². The SMILES string of the molecule is CC(C)[C@H](N)C(=O)NCC(=O)NC(c1ccccc1)c1cccc(F)c1. The van der Waals surface area contributed by atoms with E-state index in [9.17, 15) is 14.0 Å². The molecule has 2 rings (SSSR count). The summed E-state index contributed by atoms with van der Waals surface area (Å²) in [5.41, 5.74) is 7.20. The van der Waals surface area contributed by atoms with Gasteiger partial charge in [-0.25, -0.2) is 4.39 Å². The average molecular weight is 357 g/mol. The monoisotopic (exact) mass is 357 g/mol.